The van der Waals surface area contributed by atoms with Gasteiger partial charge in [-0.15, -0.1) is 11.8 Å². The van der Waals surface area contributed by atoms with Gasteiger partial charge in [0.2, 0.25) is 11.8 Å². The molecule has 0 bridgehead atoms. The van der Waals surface area contributed by atoms with Crippen LogP contribution in [0.1, 0.15) is 38.5 Å². The minimum Gasteiger partial charge on any atom is -0.369 e. The van der Waals surface area contributed by atoms with Gasteiger partial charge in [0.15, 0.2) is 0 Å². The van der Waals surface area contributed by atoms with Gasteiger partial charge in [0.05, 0.1) is 11.5 Å². The molecule has 0 spiro atoms. The number of hydrogen-bond donors (Lipinski definition) is 3. The Morgan fingerprint density at radius 1 is 1.05 bits per heavy atom. The minimum absolute atomic E-state index is 0.0334. The summed E-state index contributed by atoms with van der Waals surface area (Å²) >= 11 is 1.25. The Labute approximate surface area is 119 Å². The molecule has 0 heterocycles. The molecular formula is C13H25N3O2S. The van der Waals surface area contributed by atoms with Gasteiger partial charge < -0.3 is 16.4 Å². The predicted molar refractivity (Wildman–Crippen MR) is 79.0 cm³/mol. The van der Waals surface area contributed by atoms with Gasteiger partial charge in [-0.3, -0.25) is 9.59 Å². The van der Waals surface area contributed by atoms with E-state index in [1.54, 1.807) is 0 Å². The summed E-state index contributed by atoms with van der Waals surface area (Å²) in [5, 5.41) is 6.33. The molecule has 110 valence electrons. The molecule has 4 N–H and O–H groups in total. The molecule has 1 aliphatic carbocycles. The second-order valence-corrected chi connectivity index (χ2v) is 5.94. The molecule has 5 nitrogen and oxygen atoms in total. The highest BCUT2D eigenvalue weighted by Crippen LogP contribution is 2.16. The van der Waals surface area contributed by atoms with Gasteiger partial charge in [0.1, 0.15) is 0 Å². The zero-order chi connectivity index (χ0) is 13.9. The van der Waals surface area contributed by atoms with Crippen LogP contribution >= 0.6 is 11.8 Å². The molecule has 6 heteroatoms. The highest BCUT2D eigenvalue weighted by Gasteiger charge is 2.11. The molecule has 0 radical (unpaired) electrons. The van der Waals surface area contributed by atoms with Crippen molar-refractivity contribution < 1.29 is 9.59 Å². The van der Waals surface area contributed by atoms with Crippen LogP contribution in [0.4, 0.5) is 0 Å². The first kappa shape index (κ1) is 16.3. The van der Waals surface area contributed by atoms with Crippen LogP contribution in [0.3, 0.4) is 0 Å². The van der Waals surface area contributed by atoms with Gasteiger partial charge in [-0.1, -0.05) is 25.7 Å². The van der Waals surface area contributed by atoms with Crippen molar-refractivity contribution in [1.82, 2.24) is 10.6 Å². The third-order valence-corrected chi connectivity index (χ3v) is 4.17. The Balaban J connectivity index is 1.97. The Morgan fingerprint density at radius 3 is 2.37 bits per heavy atom. The monoisotopic (exact) mass is 287 g/mol. The summed E-state index contributed by atoms with van der Waals surface area (Å²) in [4.78, 5) is 21.9. The molecular weight excluding hydrogens is 262 g/mol. The van der Waals surface area contributed by atoms with E-state index in [9.17, 15) is 9.59 Å². The SMILES string of the molecule is NC(=O)CSCC(=O)NCCNC1CCCCCC1. The van der Waals surface area contributed by atoms with E-state index in [1.165, 1.54) is 50.3 Å². The van der Waals surface area contributed by atoms with Crippen LogP contribution in [-0.4, -0.2) is 42.5 Å². The van der Waals surface area contributed by atoms with E-state index in [2.05, 4.69) is 10.6 Å². The summed E-state index contributed by atoms with van der Waals surface area (Å²) in [5.41, 5.74) is 4.99. The van der Waals surface area contributed by atoms with Crippen LogP contribution in [0.25, 0.3) is 0 Å². The zero-order valence-corrected chi connectivity index (χ0v) is 12.3. The third kappa shape index (κ3) is 8.88. The molecule has 0 unspecified atom stereocenters. The molecule has 1 aliphatic rings. The quantitative estimate of drug-likeness (QED) is 0.452. The number of amides is 2. The van der Waals surface area contributed by atoms with Crippen LogP contribution in [0.2, 0.25) is 0 Å². The fraction of sp³-hybridized carbons (Fsp3) is 0.846. The number of nitrogens with one attached hydrogen (secondary N) is 2. The van der Waals surface area contributed by atoms with E-state index in [-0.39, 0.29) is 17.6 Å². The topological polar surface area (TPSA) is 84.2 Å². The van der Waals surface area contributed by atoms with Gasteiger partial charge in [-0.05, 0) is 12.8 Å². The van der Waals surface area contributed by atoms with Crippen LogP contribution in [0, 0.1) is 0 Å². The van der Waals surface area contributed by atoms with E-state index < -0.39 is 0 Å². The number of hydrogen-bond acceptors (Lipinski definition) is 4. The van der Waals surface area contributed by atoms with E-state index in [1.807, 2.05) is 0 Å². The molecule has 1 fully saturated rings. The first-order valence-electron chi connectivity index (χ1n) is 7.04. The molecule has 0 atom stereocenters. The number of rotatable bonds is 8. The standard InChI is InChI=1S/C13H25N3O2S/c14-12(17)9-19-10-13(18)16-8-7-15-11-5-3-1-2-4-6-11/h11,15H,1-10H2,(H2,14,17)(H,16,18). The average molecular weight is 287 g/mol. The van der Waals surface area contributed by atoms with Crippen LogP contribution in [-0.2, 0) is 9.59 Å². The van der Waals surface area contributed by atoms with Crippen molar-refractivity contribution in [2.75, 3.05) is 24.6 Å². The zero-order valence-electron chi connectivity index (χ0n) is 11.5. The van der Waals surface area contributed by atoms with Crippen molar-refractivity contribution >= 4 is 23.6 Å². The molecule has 0 aromatic heterocycles. The van der Waals surface area contributed by atoms with Crippen LogP contribution < -0.4 is 16.4 Å². The molecule has 0 aromatic rings. The van der Waals surface area contributed by atoms with Gasteiger partial charge >= 0.3 is 0 Å². The van der Waals surface area contributed by atoms with E-state index in [4.69, 9.17) is 5.73 Å². The maximum Gasteiger partial charge on any atom is 0.230 e. The Morgan fingerprint density at radius 2 is 1.74 bits per heavy atom. The van der Waals surface area contributed by atoms with Gasteiger partial charge in [-0.2, -0.15) is 0 Å². The third-order valence-electron chi connectivity index (χ3n) is 3.21. The first-order chi connectivity index (χ1) is 9.18. The Hall–Kier alpha value is -0.750. The number of carbonyl (C=O) groups is 2. The summed E-state index contributed by atoms with van der Waals surface area (Å²) in [6.45, 7) is 1.46. The minimum atomic E-state index is -0.382. The lowest BCUT2D eigenvalue weighted by molar-refractivity contribution is -0.118. The van der Waals surface area contributed by atoms with Crippen molar-refractivity contribution in [3.63, 3.8) is 0 Å². The second kappa shape index (κ2) is 10.1. The Bertz CT molecular complexity index is 279. The highest BCUT2D eigenvalue weighted by molar-refractivity contribution is 8.00. The predicted octanol–water partition coefficient (Wildman–Crippen LogP) is 0.634. The van der Waals surface area contributed by atoms with Gasteiger partial charge in [0, 0.05) is 19.1 Å². The van der Waals surface area contributed by atoms with Gasteiger partial charge in [0.25, 0.3) is 0 Å². The molecule has 1 saturated carbocycles. The summed E-state index contributed by atoms with van der Waals surface area (Å²) in [5.74, 6) is 0.0851. The van der Waals surface area contributed by atoms with Gasteiger partial charge in [-0.25, -0.2) is 0 Å². The van der Waals surface area contributed by atoms with Crippen molar-refractivity contribution in [3.8, 4) is 0 Å². The number of thioether (sulfide) groups is 1. The maximum absolute atomic E-state index is 11.4. The lowest BCUT2D eigenvalue weighted by atomic mass is 10.1. The summed E-state index contributed by atoms with van der Waals surface area (Å²) in [7, 11) is 0. The molecule has 0 aromatic carbocycles. The van der Waals surface area contributed by atoms with Crippen molar-refractivity contribution in [2.45, 2.75) is 44.6 Å². The first-order valence-corrected chi connectivity index (χ1v) is 8.20. The maximum atomic E-state index is 11.4. The molecule has 0 aliphatic heterocycles. The highest BCUT2D eigenvalue weighted by atomic mass is 32.2. The van der Waals surface area contributed by atoms with Crippen molar-refractivity contribution in [1.29, 1.82) is 0 Å². The number of nitrogens with two attached hydrogens (primary N) is 1. The largest absolute Gasteiger partial charge is 0.369 e. The molecule has 0 saturated heterocycles. The van der Waals surface area contributed by atoms with E-state index in [0.29, 0.717) is 18.3 Å². The normalized spacial score (nSPS) is 16.8. The lowest BCUT2D eigenvalue weighted by Crippen LogP contribution is -2.37. The van der Waals surface area contributed by atoms with Crippen LogP contribution in [0.5, 0.6) is 0 Å². The average Bonchev–Trinajstić information content (AvgIpc) is 2.63. The Kier molecular flexibility index (Phi) is 8.66. The fourth-order valence-electron chi connectivity index (χ4n) is 2.26. The number of primary amides is 1. The lowest BCUT2D eigenvalue weighted by Gasteiger charge is -2.16. The molecule has 1 rings (SSSR count). The smallest absolute Gasteiger partial charge is 0.230 e. The molecule has 19 heavy (non-hydrogen) atoms. The molecule has 2 amide bonds. The fourth-order valence-corrected chi connectivity index (χ4v) is 2.85. The van der Waals surface area contributed by atoms with E-state index >= 15 is 0 Å². The van der Waals surface area contributed by atoms with E-state index in [0.717, 1.165) is 6.54 Å². The van der Waals surface area contributed by atoms with Crippen molar-refractivity contribution in [3.05, 3.63) is 0 Å². The number of carbonyl (C=O) groups excluding carboxylic acids is 2. The summed E-state index contributed by atoms with van der Waals surface area (Å²) in [6, 6.07) is 0.614. The van der Waals surface area contributed by atoms with Crippen molar-refractivity contribution in [2.24, 2.45) is 5.73 Å². The second-order valence-electron chi connectivity index (χ2n) is 4.95. The summed E-state index contributed by atoms with van der Waals surface area (Å²) < 4.78 is 0. The van der Waals surface area contributed by atoms with Crippen LogP contribution in [0.15, 0.2) is 0 Å². The summed E-state index contributed by atoms with van der Waals surface area (Å²) in [6.07, 6.45) is 7.84.